The van der Waals surface area contributed by atoms with Crippen LogP contribution >= 0.6 is 12.2 Å². The minimum Gasteiger partial charge on any atom is -0.467 e. The summed E-state index contributed by atoms with van der Waals surface area (Å²) in [5.41, 5.74) is 7.20. The second kappa shape index (κ2) is 8.04. The third-order valence-electron chi connectivity index (χ3n) is 2.82. The van der Waals surface area contributed by atoms with E-state index >= 15 is 0 Å². The summed E-state index contributed by atoms with van der Waals surface area (Å²) in [6.07, 6.45) is 1.59. The maximum Gasteiger partial charge on any atom is 0.257 e. The third kappa shape index (κ3) is 5.45. The van der Waals surface area contributed by atoms with Gasteiger partial charge >= 0.3 is 0 Å². The normalized spacial score (nSPS) is 9.86. The lowest BCUT2D eigenvalue weighted by Gasteiger charge is -2.11. The topological polar surface area (TPSA) is 78.3 Å². The molecule has 2 rings (SSSR count). The largest absolute Gasteiger partial charge is 0.467 e. The van der Waals surface area contributed by atoms with E-state index in [9.17, 15) is 4.79 Å². The van der Waals surface area contributed by atoms with Crippen LogP contribution in [0.1, 0.15) is 11.3 Å². The molecule has 0 spiro atoms. The average Bonchev–Trinajstić information content (AvgIpc) is 3.04. The molecule has 0 saturated heterocycles. The van der Waals surface area contributed by atoms with E-state index in [0.29, 0.717) is 11.7 Å². The van der Waals surface area contributed by atoms with E-state index < -0.39 is 0 Å². The summed E-state index contributed by atoms with van der Waals surface area (Å²) in [7, 11) is 0. The van der Waals surface area contributed by atoms with Gasteiger partial charge in [0.05, 0.1) is 19.4 Å². The highest BCUT2D eigenvalue weighted by molar-refractivity contribution is 7.80. The molecular weight excluding hydrogens is 300 g/mol. The lowest BCUT2D eigenvalue weighted by molar-refractivity contribution is -0.119. The Bertz CT molecular complexity index is 611. The molecule has 1 aromatic carbocycles. The Morgan fingerprint density at radius 3 is 2.64 bits per heavy atom. The number of anilines is 1. The molecule has 0 bridgehead atoms. The number of carbonyl (C=O) groups is 1. The Morgan fingerprint density at radius 1 is 1.18 bits per heavy atom. The van der Waals surface area contributed by atoms with Crippen molar-refractivity contribution < 1.29 is 9.21 Å². The van der Waals surface area contributed by atoms with Crippen LogP contribution in [0, 0.1) is 6.92 Å². The number of nitrogens with one attached hydrogen (secondary N) is 4. The molecule has 0 unspecified atom stereocenters. The SMILES string of the molecule is Cc1ccc(NCC(=O)NNC(=S)NCc2ccco2)cc1. The molecule has 1 heterocycles. The zero-order chi connectivity index (χ0) is 15.8. The number of hydrogen-bond donors (Lipinski definition) is 4. The van der Waals surface area contributed by atoms with Gasteiger partial charge in [-0.2, -0.15) is 0 Å². The van der Waals surface area contributed by atoms with E-state index in [1.807, 2.05) is 37.3 Å². The van der Waals surface area contributed by atoms with Gasteiger partial charge in [0.1, 0.15) is 5.76 Å². The van der Waals surface area contributed by atoms with Gasteiger partial charge in [-0.25, -0.2) is 0 Å². The van der Waals surface area contributed by atoms with Crippen molar-refractivity contribution in [3.63, 3.8) is 0 Å². The molecule has 1 amide bonds. The number of thiocarbonyl (C=S) groups is 1. The van der Waals surface area contributed by atoms with Gasteiger partial charge in [-0.15, -0.1) is 0 Å². The molecular formula is C15H18N4O2S. The predicted molar refractivity (Wildman–Crippen MR) is 89.1 cm³/mol. The molecule has 116 valence electrons. The van der Waals surface area contributed by atoms with Gasteiger partial charge in [0, 0.05) is 5.69 Å². The minimum atomic E-state index is -0.220. The van der Waals surface area contributed by atoms with Crippen molar-refractivity contribution in [2.45, 2.75) is 13.5 Å². The van der Waals surface area contributed by atoms with Crippen LogP contribution in [0.15, 0.2) is 47.1 Å². The van der Waals surface area contributed by atoms with E-state index in [1.165, 1.54) is 5.56 Å². The summed E-state index contributed by atoms with van der Waals surface area (Å²) < 4.78 is 5.16. The molecule has 0 aliphatic carbocycles. The zero-order valence-corrected chi connectivity index (χ0v) is 13.0. The van der Waals surface area contributed by atoms with Gasteiger partial charge in [0.15, 0.2) is 5.11 Å². The smallest absolute Gasteiger partial charge is 0.257 e. The quantitative estimate of drug-likeness (QED) is 0.496. The van der Waals surface area contributed by atoms with Crippen molar-refractivity contribution >= 4 is 28.9 Å². The summed E-state index contributed by atoms with van der Waals surface area (Å²) in [4.78, 5) is 11.7. The number of amides is 1. The number of hydrogen-bond acceptors (Lipinski definition) is 4. The summed E-state index contributed by atoms with van der Waals surface area (Å²) >= 11 is 5.04. The first-order valence-corrected chi connectivity index (χ1v) is 7.20. The van der Waals surface area contributed by atoms with Gasteiger partial charge in [0.2, 0.25) is 0 Å². The Morgan fingerprint density at radius 2 is 1.95 bits per heavy atom. The molecule has 4 N–H and O–H groups in total. The molecule has 0 aliphatic rings. The Balaban J connectivity index is 1.62. The highest BCUT2D eigenvalue weighted by atomic mass is 32.1. The number of carbonyl (C=O) groups excluding carboxylic acids is 1. The van der Waals surface area contributed by atoms with E-state index in [1.54, 1.807) is 12.3 Å². The maximum absolute atomic E-state index is 11.7. The van der Waals surface area contributed by atoms with E-state index in [0.717, 1.165) is 11.4 Å². The van der Waals surface area contributed by atoms with Crippen LogP contribution in [-0.2, 0) is 11.3 Å². The molecule has 7 heteroatoms. The second-order valence-electron chi connectivity index (χ2n) is 4.65. The van der Waals surface area contributed by atoms with Crippen molar-refractivity contribution in [3.05, 3.63) is 54.0 Å². The van der Waals surface area contributed by atoms with Gasteiger partial charge in [-0.3, -0.25) is 15.6 Å². The van der Waals surface area contributed by atoms with Crippen molar-refractivity contribution in [2.24, 2.45) is 0 Å². The molecule has 2 aromatic rings. The summed E-state index contributed by atoms with van der Waals surface area (Å²) in [5.74, 6) is 0.541. The van der Waals surface area contributed by atoms with Gasteiger partial charge in [0.25, 0.3) is 5.91 Å². The molecule has 0 aliphatic heterocycles. The summed E-state index contributed by atoms with van der Waals surface area (Å²) in [6, 6.07) is 11.4. The minimum absolute atomic E-state index is 0.150. The van der Waals surface area contributed by atoms with Crippen molar-refractivity contribution in [2.75, 3.05) is 11.9 Å². The van der Waals surface area contributed by atoms with Crippen LogP contribution in [0.3, 0.4) is 0 Å². The van der Waals surface area contributed by atoms with E-state index in [2.05, 4.69) is 21.5 Å². The summed E-state index contributed by atoms with van der Waals surface area (Å²) in [6.45, 7) is 2.62. The van der Waals surface area contributed by atoms with E-state index in [-0.39, 0.29) is 12.5 Å². The molecule has 0 atom stereocenters. The van der Waals surface area contributed by atoms with Crippen LogP contribution < -0.4 is 21.5 Å². The average molecular weight is 318 g/mol. The lowest BCUT2D eigenvalue weighted by atomic mass is 10.2. The second-order valence-corrected chi connectivity index (χ2v) is 5.06. The van der Waals surface area contributed by atoms with Crippen molar-refractivity contribution in [1.29, 1.82) is 0 Å². The Hall–Kier alpha value is -2.54. The monoisotopic (exact) mass is 318 g/mol. The molecule has 6 nitrogen and oxygen atoms in total. The van der Waals surface area contributed by atoms with Crippen LogP contribution in [0.5, 0.6) is 0 Å². The molecule has 1 aromatic heterocycles. The first-order valence-electron chi connectivity index (χ1n) is 6.79. The maximum atomic E-state index is 11.7. The van der Waals surface area contributed by atoms with Gasteiger partial charge in [-0.05, 0) is 43.4 Å². The van der Waals surface area contributed by atoms with Crippen LogP contribution in [-0.4, -0.2) is 17.6 Å². The van der Waals surface area contributed by atoms with Crippen molar-refractivity contribution in [3.8, 4) is 0 Å². The number of aryl methyl sites for hydroxylation is 1. The lowest BCUT2D eigenvalue weighted by Crippen LogP contribution is -2.48. The number of hydrazine groups is 1. The molecule has 0 fully saturated rings. The first kappa shape index (κ1) is 15.8. The summed E-state index contributed by atoms with van der Waals surface area (Å²) in [5, 5.41) is 6.25. The number of furan rings is 1. The molecule has 0 radical (unpaired) electrons. The van der Waals surface area contributed by atoms with Gasteiger partial charge in [-0.1, -0.05) is 17.7 Å². The Labute approximate surface area is 134 Å². The van der Waals surface area contributed by atoms with Crippen molar-refractivity contribution in [1.82, 2.24) is 16.2 Å². The highest BCUT2D eigenvalue weighted by Crippen LogP contribution is 2.07. The highest BCUT2D eigenvalue weighted by Gasteiger charge is 2.02. The fourth-order valence-electron chi connectivity index (χ4n) is 1.65. The van der Waals surface area contributed by atoms with E-state index in [4.69, 9.17) is 16.6 Å². The number of rotatable bonds is 5. The molecule has 0 saturated carbocycles. The predicted octanol–water partition coefficient (Wildman–Crippen LogP) is 1.70. The van der Waals surface area contributed by atoms with Crippen LogP contribution in [0.4, 0.5) is 5.69 Å². The first-order chi connectivity index (χ1) is 10.6. The standard InChI is InChI=1S/C15H18N4O2S/c1-11-4-6-12(7-5-11)16-10-14(20)18-19-15(22)17-9-13-3-2-8-21-13/h2-8,16H,9-10H2,1H3,(H,18,20)(H2,17,19,22). The Kier molecular flexibility index (Phi) is 5.79. The number of benzene rings is 1. The third-order valence-corrected chi connectivity index (χ3v) is 3.07. The van der Waals surface area contributed by atoms with Crippen LogP contribution in [0.25, 0.3) is 0 Å². The van der Waals surface area contributed by atoms with Gasteiger partial charge < -0.3 is 15.1 Å². The molecule has 22 heavy (non-hydrogen) atoms. The zero-order valence-electron chi connectivity index (χ0n) is 12.2. The fourth-order valence-corrected chi connectivity index (χ4v) is 1.77. The van der Waals surface area contributed by atoms with Crippen LogP contribution in [0.2, 0.25) is 0 Å². The fraction of sp³-hybridized carbons (Fsp3) is 0.200.